The van der Waals surface area contributed by atoms with Gasteiger partial charge in [-0.3, -0.25) is 4.79 Å². The van der Waals surface area contributed by atoms with Crippen LogP contribution in [0, 0.1) is 0 Å². The summed E-state index contributed by atoms with van der Waals surface area (Å²) in [7, 11) is 0. The zero-order chi connectivity index (χ0) is 50.6. The zero-order valence-electron chi connectivity index (χ0n) is 44.0. The van der Waals surface area contributed by atoms with Crippen molar-refractivity contribution in [3.63, 3.8) is 0 Å². The molecule has 4 N–H and O–H groups in total. The van der Waals surface area contributed by atoms with E-state index < -0.39 is 43.4 Å². The Morgan fingerprint density at radius 1 is 0.457 bits per heavy atom. The standard InChI is InChI=1S/C61H100O9/c1-3-5-7-9-11-13-15-17-19-21-23-25-26-27-28-29-31-33-35-37-39-41-43-45-47-49-51-67-53-55(54-68-61-60(66)59(65)58(64)56(52-62)70-61)69-57(63)50-48-46-44-42-40-38-36-34-32-30-24-22-20-18-16-14-12-10-8-6-4-2/h5-8,11-14,17-20,23-25,27-28,30-31,33,55-56,58-62,64-66H,3-4,9-10,15-16,21-22,26,29,32,34-54H2,1-2H3/b7-5-,8-6-,13-11-,14-12-,19-17-,20-18-,25-23-,28-27-,30-24-,33-31-. The maximum atomic E-state index is 12.9. The number of hydrogen-bond donors (Lipinski definition) is 4. The van der Waals surface area contributed by atoms with Gasteiger partial charge in [-0.25, -0.2) is 0 Å². The molecule has 1 aliphatic rings. The van der Waals surface area contributed by atoms with E-state index in [4.69, 9.17) is 18.9 Å². The number of carbonyl (C=O) groups is 1. The van der Waals surface area contributed by atoms with Crippen molar-refractivity contribution in [1.82, 2.24) is 0 Å². The average Bonchev–Trinajstić information content (AvgIpc) is 3.36. The Bertz CT molecular complexity index is 1480. The topological polar surface area (TPSA) is 135 Å². The van der Waals surface area contributed by atoms with Crippen molar-refractivity contribution in [2.45, 2.75) is 230 Å². The predicted octanol–water partition coefficient (Wildman–Crippen LogP) is 14.3. The molecule has 6 atom stereocenters. The minimum atomic E-state index is -1.55. The van der Waals surface area contributed by atoms with Crippen molar-refractivity contribution in [3.8, 4) is 0 Å². The van der Waals surface area contributed by atoms with E-state index in [2.05, 4.69) is 135 Å². The van der Waals surface area contributed by atoms with Crippen molar-refractivity contribution >= 4 is 5.97 Å². The lowest BCUT2D eigenvalue weighted by atomic mass is 9.99. The normalized spacial score (nSPS) is 19.9. The Labute approximate surface area is 427 Å². The maximum Gasteiger partial charge on any atom is 0.306 e. The molecule has 0 spiro atoms. The largest absolute Gasteiger partial charge is 0.457 e. The van der Waals surface area contributed by atoms with Crippen molar-refractivity contribution in [2.75, 3.05) is 26.4 Å². The van der Waals surface area contributed by atoms with Gasteiger partial charge in [-0.2, -0.15) is 0 Å². The van der Waals surface area contributed by atoms with Crippen LogP contribution in [0.2, 0.25) is 0 Å². The second kappa shape index (κ2) is 50.5. The van der Waals surface area contributed by atoms with Crippen LogP contribution in [0.4, 0.5) is 0 Å². The van der Waals surface area contributed by atoms with Gasteiger partial charge in [0.1, 0.15) is 30.5 Å². The monoisotopic (exact) mass is 977 g/mol. The summed E-state index contributed by atoms with van der Waals surface area (Å²) in [6.07, 6.45) is 66.6. The number of rotatable bonds is 46. The fraction of sp³-hybridized carbons (Fsp3) is 0.656. The molecule has 9 heteroatoms. The lowest BCUT2D eigenvalue weighted by molar-refractivity contribution is -0.305. The molecule has 0 saturated carbocycles. The Morgan fingerprint density at radius 2 is 0.829 bits per heavy atom. The van der Waals surface area contributed by atoms with Crippen LogP contribution in [0.5, 0.6) is 0 Å². The molecule has 0 radical (unpaired) electrons. The summed E-state index contributed by atoms with van der Waals surface area (Å²) < 4.78 is 22.9. The summed E-state index contributed by atoms with van der Waals surface area (Å²) in [5, 5.41) is 40.3. The van der Waals surface area contributed by atoms with Crippen molar-refractivity contribution in [1.29, 1.82) is 0 Å². The highest BCUT2D eigenvalue weighted by Crippen LogP contribution is 2.23. The molecule has 1 aliphatic heterocycles. The van der Waals surface area contributed by atoms with Crippen LogP contribution in [0.1, 0.15) is 194 Å². The zero-order valence-corrected chi connectivity index (χ0v) is 44.0. The Kier molecular flexibility index (Phi) is 46.6. The summed E-state index contributed by atoms with van der Waals surface area (Å²) >= 11 is 0. The molecule has 70 heavy (non-hydrogen) atoms. The Hall–Kier alpha value is -3.41. The third-order valence-electron chi connectivity index (χ3n) is 11.9. The fourth-order valence-electron chi connectivity index (χ4n) is 7.66. The first kappa shape index (κ1) is 64.6. The predicted molar refractivity (Wildman–Crippen MR) is 292 cm³/mol. The summed E-state index contributed by atoms with van der Waals surface area (Å²) in [5.74, 6) is -0.331. The Morgan fingerprint density at radius 3 is 1.24 bits per heavy atom. The van der Waals surface area contributed by atoms with Crippen LogP contribution in [-0.4, -0.2) is 89.6 Å². The molecule has 1 fully saturated rings. The minimum Gasteiger partial charge on any atom is -0.457 e. The van der Waals surface area contributed by atoms with Gasteiger partial charge in [-0.15, -0.1) is 0 Å². The third kappa shape index (κ3) is 40.2. The van der Waals surface area contributed by atoms with Gasteiger partial charge in [0.2, 0.25) is 0 Å². The molecule has 0 aromatic carbocycles. The molecule has 0 aliphatic carbocycles. The molecular weight excluding hydrogens is 877 g/mol. The number of carbonyl (C=O) groups excluding carboxylic acids is 1. The Balaban J connectivity index is 2.21. The van der Waals surface area contributed by atoms with Gasteiger partial charge < -0.3 is 39.4 Å². The second-order valence-corrected chi connectivity index (χ2v) is 18.3. The third-order valence-corrected chi connectivity index (χ3v) is 11.9. The first-order valence-corrected chi connectivity index (χ1v) is 27.6. The molecule has 0 bridgehead atoms. The van der Waals surface area contributed by atoms with Gasteiger partial charge in [0.05, 0.1) is 19.8 Å². The van der Waals surface area contributed by atoms with E-state index in [-0.39, 0.29) is 19.2 Å². The van der Waals surface area contributed by atoms with E-state index in [1.165, 1.54) is 51.4 Å². The van der Waals surface area contributed by atoms with Gasteiger partial charge in [-0.05, 0) is 103 Å². The van der Waals surface area contributed by atoms with E-state index in [9.17, 15) is 25.2 Å². The molecular formula is C61H100O9. The molecule has 398 valence electrons. The number of allylic oxidation sites excluding steroid dienone is 20. The van der Waals surface area contributed by atoms with Crippen LogP contribution < -0.4 is 0 Å². The van der Waals surface area contributed by atoms with Gasteiger partial charge in [-0.1, -0.05) is 206 Å². The lowest BCUT2D eigenvalue weighted by Crippen LogP contribution is -2.59. The van der Waals surface area contributed by atoms with Crippen LogP contribution in [-0.2, 0) is 23.7 Å². The highest BCUT2D eigenvalue weighted by atomic mass is 16.7. The van der Waals surface area contributed by atoms with Crippen molar-refractivity contribution < 1.29 is 44.2 Å². The molecule has 6 unspecified atom stereocenters. The van der Waals surface area contributed by atoms with Crippen LogP contribution >= 0.6 is 0 Å². The van der Waals surface area contributed by atoms with Crippen molar-refractivity contribution in [3.05, 3.63) is 122 Å². The summed E-state index contributed by atoms with van der Waals surface area (Å²) in [4.78, 5) is 12.9. The van der Waals surface area contributed by atoms with Crippen LogP contribution in [0.25, 0.3) is 0 Å². The lowest BCUT2D eigenvalue weighted by Gasteiger charge is -2.39. The van der Waals surface area contributed by atoms with Crippen molar-refractivity contribution in [2.24, 2.45) is 0 Å². The van der Waals surface area contributed by atoms with Gasteiger partial charge >= 0.3 is 5.97 Å². The summed E-state index contributed by atoms with van der Waals surface area (Å²) in [6, 6.07) is 0. The SMILES string of the molecule is CC/C=C\C/C=C\C/C=C\C/C=C\C/C=C\C/C=C\CCCCCCCCCOCC(COC1OC(CO)C(O)C(O)C1O)OC(=O)CCCCCCCCCC/C=C\C/C=C\C/C=C\C/C=C\CC. The maximum absolute atomic E-state index is 12.9. The first-order chi connectivity index (χ1) is 34.4. The van der Waals surface area contributed by atoms with Gasteiger partial charge in [0.25, 0.3) is 0 Å². The number of aliphatic hydroxyl groups is 4. The summed E-state index contributed by atoms with van der Waals surface area (Å²) in [5.41, 5.74) is 0. The molecule has 0 aromatic heterocycles. The highest BCUT2D eigenvalue weighted by Gasteiger charge is 2.44. The minimum absolute atomic E-state index is 0.125. The van der Waals surface area contributed by atoms with Crippen LogP contribution in [0.3, 0.4) is 0 Å². The molecule has 9 nitrogen and oxygen atoms in total. The van der Waals surface area contributed by atoms with E-state index in [1.807, 2.05) is 0 Å². The number of aliphatic hydroxyl groups excluding tert-OH is 4. The van der Waals surface area contributed by atoms with Gasteiger partial charge in [0, 0.05) is 13.0 Å². The quantitative estimate of drug-likeness (QED) is 0.0267. The molecule has 0 amide bonds. The molecule has 1 heterocycles. The fourth-order valence-corrected chi connectivity index (χ4v) is 7.66. The highest BCUT2D eigenvalue weighted by molar-refractivity contribution is 5.69. The van der Waals surface area contributed by atoms with E-state index in [0.29, 0.717) is 13.0 Å². The van der Waals surface area contributed by atoms with E-state index >= 15 is 0 Å². The van der Waals surface area contributed by atoms with E-state index in [0.717, 1.165) is 122 Å². The number of hydrogen-bond acceptors (Lipinski definition) is 9. The number of esters is 1. The number of unbranched alkanes of at least 4 members (excludes halogenated alkanes) is 15. The second-order valence-electron chi connectivity index (χ2n) is 18.3. The smallest absolute Gasteiger partial charge is 0.306 e. The first-order valence-electron chi connectivity index (χ1n) is 27.6. The molecule has 1 rings (SSSR count). The average molecular weight is 977 g/mol. The molecule has 0 aromatic rings. The van der Waals surface area contributed by atoms with E-state index in [1.54, 1.807) is 0 Å². The number of ether oxygens (including phenoxy) is 4. The summed E-state index contributed by atoms with van der Waals surface area (Å²) in [6.45, 7) is 4.28. The van der Waals surface area contributed by atoms with Crippen LogP contribution in [0.15, 0.2) is 122 Å². The van der Waals surface area contributed by atoms with Gasteiger partial charge in [0.15, 0.2) is 6.29 Å². The molecule has 1 saturated heterocycles.